The lowest BCUT2D eigenvalue weighted by Gasteiger charge is -2.29. The van der Waals surface area contributed by atoms with E-state index in [2.05, 4.69) is 12.1 Å². The van der Waals surface area contributed by atoms with E-state index in [1.54, 1.807) is 12.1 Å². The summed E-state index contributed by atoms with van der Waals surface area (Å²) in [6.07, 6.45) is 4.09. The van der Waals surface area contributed by atoms with Crippen molar-refractivity contribution in [1.82, 2.24) is 4.90 Å². The van der Waals surface area contributed by atoms with Crippen LogP contribution in [0.5, 0.6) is 0 Å². The van der Waals surface area contributed by atoms with Gasteiger partial charge < -0.3 is 4.90 Å². The predicted octanol–water partition coefficient (Wildman–Crippen LogP) is 2.63. The van der Waals surface area contributed by atoms with Crippen molar-refractivity contribution >= 4 is 15.9 Å². The van der Waals surface area contributed by atoms with Gasteiger partial charge in [-0.25, -0.2) is 13.6 Å². The van der Waals surface area contributed by atoms with Crippen LogP contribution in [0.3, 0.4) is 0 Å². The van der Waals surface area contributed by atoms with E-state index in [0.717, 1.165) is 36.8 Å². The SMILES string of the molecule is NS(=O)(=O)c1ccc2c(c1)CN(C(=O)CCCCc1ccccc1)CC2. The minimum atomic E-state index is -3.72. The summed E-state index contributed by atoms with van der Waals surface area (Å²) in [5.41, 5.74) is 3.26. The summed E-state index contributed by atoms with van der Waals surface area (Å²) < 4.78 is 23.0. The van der Waals surface area contributed by atoms with Crippen LogP contribution in [0.2, 0.25) is 0 Å². The molecule has 0 atom stereocenters. The molecule has 138 valence electrons. The molecule has 0 bridgehead atoms. The number of fused-ring (bicyclic) bond motifs is 1. The largest absolute Gasteiger partial charge is 0.338 e. The van der Waals surface area contributed by atoms with Crippen LogP contribution in [0.4, 0.5) is 0 Å². The van der Waals surface area contributed by atoms with E-state index in [4.69, 9.17) is 5.14 Å². The number of hydrogen-bond donors (Lipinski definition) is 1. The van der Waals surface area contributed by atoms with Gasteiger partial charge in [0.15, 0.2) is 0 Å². The molecule has 0 saturated carbocycles. The zero-order valence-electron chi connectivity index (χ0n) is 14.7. The Balaban J connectivity index is 1.53. The number of primary sulfonamides is 1. The van der Waals surface area contributed by atoms with Crippen molar-refractivity contribution in [3.63, 3.8) is 0 Å². The van der Waals surface area contributed by atoms with Gasteiger partial charge in [-0.1, -0.05) is 36.4 Å². The summed E-state index contributed by atoms with van der Waals surface area (Å²) in [6, 6.07) is 15.2. The number of sulfonamides is 1. The molecule has 0 aliphatic carbocycles. The Bertz CT molecular complexity index is 879. The fraction of sp³-hybridized carbons (Fsp3) is 0.350. The van der Waals surface area contributed by atoms with Crippen LogP contribution in [-0.2, 0) is 34.2 Å². The number of amides is 1. The molecule has 0 saturated heterocycles. The number of rotatable bonds is 6. The molecule has 2 N–H and O–H groups in total. The van der Waals surface area contributed by atoms with Gasteiger partial charge in [-0.3, -0.25) is 4.79 Å². The molecule has 0 radical (unpaired) electrons. The quantitative estimate of drug-likeness (QED) is 0.792. The molecule has 1 aliphatic rings. The molecule has 5 nitrogen and oxygen atoms in total. The Hall–Kier alpha value is -2.18. The van der Waals surface area contributed by atoms with E-state index < -0.39 is 10.0 Å². The molecule has 2 aromatic rings. The lowest BCUT2D eigenvalue weighted by molar-refractivity contribution is -0.132. The highest BCUT2D eigenvalue weighted by atomic mass is 32.2. The van der Waals surface area contributed by atoms with Gasteiger partial charge in [0.05, 0.1) is 4.90 Å². The third-order valence-electron chi connectivity index (χ3n) is 4.82. The molecule has 0 fully saturated rings. The number of benzene rings is 2. The van der Waals surface area contributed by atoms with Crippen molar-refractivity contribution in [2.75, 3.05) is 6.54 Å². The molecule has 0 aromatic heterocycles. The minimum absolute atomic E-state index is 0.105. The Morgan fingerprint density at radius 2 is 1.81 bits per heavy atom. The second-order valence-electron chi connectivity index (χ2n) is 6.73. The Morgan fingerprint density at radius 1 is 1.04 bits per heavy atom. The van der Waals surface area contributed by atoms with E-state index in [9.17, 15) is 13.2 Å². The van der Waals surface area contributed by atoms with Gasteiger partial charge in [-0.05, 0) is 54.5 Å². The van der Waals surface area contributed by atoms with Gasteiger partial charge in [0.2, 0.25) is 15.9 Å². The summed E-state index contributed by atoms with van der Waals surface area (Å²) >= 11 is 0. The Kier molecular flexibility index (Phi) is 5.74. The highest BCUT2D eigenvalue weighted by Gasteiger charge is 2.21. The summed E-state index contributed by atoms with van der Waals surface area (Å²) in [5, 5.41) is 5.21. The second-order valence-corrected chi connectivity index (χ2v) is 8.29. The minimum Gasteiger partial charge on any atom is -0.338 e. The number of carbonyl (C=O) groups excluding carboxylic acids is 1. The van der Waals surface area contributed by atoms with Crippen molar-refractivity contribution in [1.29, 1.82) is 0 Å². The second kappa shape index (κ2) is 8.01. The third-order valence-corrected chi connectivity index (χ3v) is 5.73. The first kappa shape index (κ1) is 18.6. The van der Waals surface area contributed by atoms with Gasteiger partial charge in [0.1, 0.15) is 0 Å². The first-order valence-corrected chi connectivity index (χ1v) is 10.4. The number of nitrogens with two attached hydrogens (primary N) is 1. The number of hydrogen-bond acceptors (Lipinski definition) is 3. The lowest BCUT2D eigenvalue weighted by Crippen LogP contribution is -2.36. The fourth-order valence-electron chi connectivity index (χ4n) is 3.33. The predicted molar refractivity (Wildman–Crippen MR) is 101 cm³/mol. The zero-order chi connectivity index (χ0) is 18.6. The molecule has 1 aliphatic heterocycles. The number of aryl methyl sites for hydroxylation is 1. The van der Waals surface area contributed by atoms with Crippen molar-refractivity contribution in [3.05, 3.63) is 65.2 Å². The van der Waals surface area contributed by atoms with Gasteiger partial charge in [-0.15, -0.1) is 0 Å². The molecular weight excluding hydrogens is 348 g/mol. The summed E-state index contributed by atoms with van der Waals surface area (Å²) in [4.78, 5) is 14.4. The maximum absolute atomic E-state index is 12.5. The average Bonchev–Trinajstić information content (AvgIpc) is 2.64. The van der Waals surface area contributed by atoms with E-state index in [1.807, 2.05) is 23.1 Å². The maximum atomic E-state index is 12.5. The van der Waals surface area contributed by atoms with Crippen LogP contribution < -0.4 is 5.14 Å². The highest BCUT2D eigenvalue weighted by molar-refractivity contribution is 7.89. The Morgan fingerprint density at radius 3 is 2.54 bits per heavy atom. The van der Waals surface area contributed by atoms with Crippen LogP contribution in [-0.4, -0.2) is 25.8 Å². The van der Waals surface area contributed by atoms with Crippen LogP contribution in [0.1, 0.15) is 36.0 Å². The molecule has 26 heavy (non-hydrogen) atoms. The van der Waals surface area contributed by atoms with Crippen LogP contribution in [0.15, 0.2) is 53.4 Å². The number of nitrogens with zero attached hydrogens (tertiary/aromatic N) is 1. The van der Waals surface area contributed by atoms with Crippen molar-refractivity contribution in [3.8, 4) is 0 Å². The van der Waals surface area contributed by atoms with Gasteiger partial charge in [0, 0.05) is 19.5 Å². The van der Waals surface area contributed by atoms with E-state index in [0.29, 0.717) is 19.5 Å². The van der Waals surface area contributed by atoms with Gasteiger partial charge in [-0.2, -0.15) is 0 Å². The normalized spacial score (nSPS) is 14.1. The molecule has 1 heterocycles. The third kappa shape index (κ3) is 4.71. The molecule has 1 amide bonds. The molecule has 0 unspecified atom stereocenters. The average molecular weight is 372 g/mol. The van der Waals surface area contributed by atoms with Crippen molar-refractivity contribution in [2.24, 2.45) is 5.14 Å². The van der Waals surface area contributed by atoms with Crippen LogP contribution in [0, 0.1) is 0 Å². The molecule has 2 aromatic carbocycles. The van der Waals surface area contributed by atoms with E-state index in [-0.39, 0.29) is 10.8 Å². The first-order valence-electron chi connectivity index (χ1n) is 8.90. The van der Waals surface area contributed by atoms with Crippen LogP contribution in [0.25, 0.3) is 0 Å². The molecule has 0 spiro atoms. The maximum Gasteiger partial charge on any atom is 0.238 e. The van der Waals surface area contributed by atoms with Crippen LogP contribution >= 0.6 is 0 Å². The van der Waals surface area contributed by atoms with Gasteiger partial charge in [0.25, 0.3) is 0 Å². The summed E-state index contributed by atoms with van der Waals surface area (Å²) in [7, 11) is -3.72. The number of unbranched alkanes of at least 4 members (excludes halogenated alkanes) is 1. The summed E-state index contributed by atoms with van der Waals surface area (Å²) in [5.74, 6) is 0.129. The van der Waals surface area contributed by atoms with Crippen molar-refractivity contribution in [2.45, 2.75) is 43.5 Å². The van der Waals surface area contributed by atoms with E-state index >= 15 is 0 Å². The smallest absolute Gasteiger partial charge is 0.238 e. The highest BCUT2D eigenvalue weighted by Crippen LogP contribution is 2.23. The molecule has 3 rings (SSSR count). The Labute approximate surface area is 154 Å². The molecular formula is C20H24N2O3S. The molecule has 6 heteroatoms. The lowest BCUT2D eigenvalue weighted by atomic mass is 9.99. The topological polar surface area (TPSA) is 80.5 Å². The number of carbonyl (C=O) groups is 1. The zero-order valence-corrected chi connectivity index (χ0v) is 15.5. The van der Waals surface area contributed by atoms with E-state index in [1.165, 1.54) is 11.6 Å². The standard InChI is InChI=1S/C20H24N2O3S/c21-26(24,25)19-11-10-17-12-13-22(15-18(17)14-19)20(23)9-5-4-8-16-6-2-1-3-7-16/h1-3,6-7,10-11,14H,4-5,8-9,12-13,15H2,(H2,21,24,25). The first-order chi connectivity index (χ1) is 12.4. The summed E-state index contributed by atoms with van der Waals surface area (Å²) in [6.45, 7) is 1.13. The fourth-order valence-corrected chi connectivity index (χ4v) is 3.90. The van der Waals surface area contributed by atoms with Gasteiger partial charge >= 0.3 is 0 Å². The van der Waals surface area contributed by atoms with Crippen molar-refractivity contribution < 1.29 is 13.2 Å². The monoisotopic (exact) mass is 372 g/mol.